The number of nitrogens with one attached hydrogen (secondary N) is 1. The molecule has 0 aliphatic heterocycles. The molecule has 1 amide bonds. The third-order valence-electron chi connectivity index (χ3n) is 5.31. The molecule has 0 unspecified atom stereocenters. The molecule has 0 saturated heterocycles. The molecule has 0 spiro atoms. The predicted molar refractivity (Wildman–Crippen MR) is 121 cm³/mol. The summed E-state index contributed by atoms with van der Waals surface area (Å²) in [5.41, 5.74) is 4.77. The van der Waals surface area contributed by atoms with Crippen molar-refractivity contribution in [3.05, 3.63) is 45.6 Å². The van der Waals surface area contributed by atoms with Crippen LogP contribution in [0.3, 0.4) is 0 Å². The second kappa shape index (κ2) is 9.13. The van der Waals surface area contributed by atoms with Crippen LogP contribution in [0.15, 0.2) is 34.8 Å². The van der Waals surface area contributed by atoms with E-state index in [1.807, 2.05) is 35.6 Å². The van der Waals surface area contributed by atoms with Gasteiger partial charge >= 0.3 is 0 Å². The first-order valence-corrected chi connectivity index (χ1v) is 12.1. The molecule has 5 nitrogen and oxygen atoms in total. The van der Waals surface area contributed by atoms with E-state index in [4.69, 9.17) is 0 Å². The third kappa shape index (κ3) is 4.41. The summed E-state index contributed by atoms with van der Waals surface area (Å²) in [5, 5.41) is 14.9. The Hall–Kier alpha value is -2.12. The van der Waals surface area contributed by atoms with Gasteiger partial charge in [0.2, 0.25) is 5.91 Å². The molecule has 2 aromatic heterocycles. The van der Waals surface area contributed by atoms with Crippen LogP contribution in [-0.2, 0) is 30.6 Å². The summed E-state index contributed by atoms with van der Waals surface area (Å²) in [6.45, 7) is 5.01. The number of hydrogen-bond donors (Lipinski definition) is 1. The Balaban J connectivity index is 1.44. The first-order valence-electron chi connectivity index (χ1n) is 10.2. The molecule has 1 aromatic carbocycles. The summed E-state index contributed by atoms with van der Waals surface area (Å²) in [5.74, 6) is 1.22. The van der Waals surface area contributed by atoms with Crippen LogP contribution in [0.4, 0.5) is 5.69 Å². The summed E-state index contributed by atoms with van der Waals surface area (Å²) in [7, 11) is 0. The minimum Gasteiger partial charge on any atom is -0.325 e. The largest absolute Gasteiger partial charge is 0.325 e. The first-order chi connectivity index (χ1) is 14.2. The maximum absolute atomic E-state index is 12.4. The average Bonchev–Trinajstić information content (AvgIpc) is 3.36. The highest BCUT2D eigenvalue weighted by Gasteiger charge is 2.22. The van der Waals surface area contributed by atoms with Gasteiger partial charge in [0, 0.05) is 28.1 Å². The minimum absolute atomic E-state index is 0.0284. The van der Waals surface area contributed by atoms with Crippen molar-refractivity contribution in [1.82, 2.24) is 14.8 Å². The number of thioether (sulfide) groups is 1. The van der Waals surface area contributed by atoms with Crippen LogP contribution in [0.2, 0.25) is 0 Å². The second-order valence-electron chi connectivity index (χ2n) is 7.20. The summed E-state index contributed by atoms with van der Waals surface area (Å²) in [6, 6.07) is 8.00. The summed E-state index contributed by atoms with van der Waals surface area (Å²) >= 11 is 3.29. The van der Waals surface area contributed by atoms with Gasteiger partial charge < -0.3 is 9.88 Å². The van der Waals surface area contributed by atoms with Crippen molar-refractivity contribution in [1.29, 1.82) is 0 Å². The molecule has 29 heavy (non-hydrogen) atoms. The fourth-order valence-electron chi connectivity index (χ4n) is 3.71. The van der Waals surface area contributed by atoms with Crippen LogP contribution < -0.4 is 5.32 Å². The molecule has 2 heterocycles. The van der Waals surface area contributed by atoms with Gasteiger partial charge in [-0.3, -0.25) is 4.79 Å². The zero-order valence-corrected chi connectivity index (χ0v) is 18.5. The lowest BCUT2D eigenvalue weighted by Crippen LogP contribution is -2.14. The number of aromatic nitrogens is 3. The van der Waals surface area contributed by atoms with Crippen molar-refractivity contribution in [3.8, 4) is 11.4 Å². The lowest BCUT2D eigenvalue weighted by molar-refractivity contribution is -0.113. The molecule has 1 N–H and O–H groups in total. The fourth-order valence-corrected chi connectivity index (χ4v) is 5.64. The number of fused-ring (bicyclic) bond motifs is 1. The normalized spacial score (nSPS) is 13.3. The zero-order valence-electron chi connectivity index (χ0n) is 16.9. The van der Waals surface area contributed by atoms with Crippen LogP contribution in [0, 0.1) is 0 Å². The number of thiophene rings is 1. The van der Waals surface area contributed by atoms with E-state index in [0.717, 1.165) is 36.1 Å². The van der Waals surface area contributed by atoms with E-state index in [2.05, 4.69) is 39.3 Å². The van der Waals surface area contributed by atoms with E-state index >= 15 is 0 Å². The number of rotatable bonds is 7. The highest BCUT2D eigenvalue weighted by molar-refractivity contribution is 7.99. The SMILES string of the molecule is CCc1ccc(NC(=O)CSc2nnc(-c3csc4c3CCCC4)n2CC)cc1. The molecular formula is C22H26N4OS2. The van der Waals surface area contributed by atoms with E-state index in [9.17, 15) is 4.79 Å². The number of carbonyl (C=O) groups excluding carboxylic acids is 1. The minimum atomic E-state index is -0.0284. The molecule has 7 heteroatoms. The van der Waals surface area contributed by atoms with E-state index in [1.54, 1.807) is 0 Å². The molecule has 4 rings (SSSR count). The van der Waals surface area contributed by atoms with Gasteiger partial charge in [0.1, 0.15) is 0 Å². The first kappa shape index (κ1) is 20.2. The molecule has 1 aliphatic carbocycles. The lowest BCUT2D eigenvalue weighted by Gasteiger charge is -2.13. The maximum atomic E-state index is 12.4. The Bertz CT molecular complexity index is 991. The number of aryl methyl sites for hydroxylation is 2. The van der Waals surface area contributed by atoms with Crippen LogP contribution in [0.1, 0.15) is 42.7 Å². The lowest BCUT2D eigenvalue weighted by atomic mass is 9.96. The number of hydrogen-bond acceptors (Lipinski definition) is 5. The number of nitrogens with zero attached hydrogens (tertiary/aromatic N) is 3. The fraction of sp³-hybridized carbons (Fsp3) is 0.409. The van der Waals surface area contributed by atoms with Crippen molar-refractivity contribution in [2.75, 3.05) is 11.1 Å². The van der Waals surface area contributed by atoms with Crippen LogP contribution in [-0.4, -0.2) is 26.4 Å². The summed E-state index contributed by atoms with van der Waals surface area (Å²) < 4.78 is 2.13. The molecule has 152 valence electrons. The van der Waals surface area contributed by atoms with Crippen LogP contribution >= 0.6 is 23.1 Å². The van der Waals surface area contributed by atoms with Crippen LogP contribution in [0.5, 0.6) is 0 Å². The zero-order chi connectivity index (χ0) is 20.2. The predicted octanol–water partition coefficient (Wildman–Crippen LogP) is 5.20. The highest BCUT2D eigenvalue weighted by Crippen LogP contribution is 2.36. The monoisotopic (exact) mass is 426 g/mol. The molecule has 3 aromatic rings. The molecular weight excluding hydrogens is 400 g/mol. The van der Waals surface area contributed by atoms with E-state index in [1.165, 1.54) is 52.6 Å². The van der Waals surface area contributed by atoms with Gasteiger partial charge in [0.05, 0.1) is 5.75 Å². The summed E-state index contributed by atoms with van der Waals surface area (Å²) in [6.07, 6.45) is 5.84. The number of benzene rings is 1. The van der Waals surface area contributed by atoms with Crippen molar-refractivity contribution in [2.24, 2.45) is 0 Å². The van der Waals surface area contributed by atoms with Gasteiger partial charge in [0.15, 0.2) is 11.0 Å². The van der Waals surface area contributed by atoms with Gasteiger partial charge in [-0.1, -0.05) is 30.8 Å². The number of carbonyl (C=O) groups is 1. The van der Waals surface area contributed by atoms with Crippen molar-refractivity contribution < 1.29 is 4.79 Å². The van der Waals surface area contributed by atoms with Gasteiger partial charge in [-0.05, 0) is 62.3 Å². The molecule has 0 saturated carbocycles. The molecule has 0 bridgehead atoms. The van der Waals surface area contributed by atoms with Crippen molar-refractivity contribution in [2.45, 2.75) is 57.7 Å². The quantitative estimate of drug-likeness (QED) is 0.528. The second-order valence-corrected chi connectivity index (χ2v) is 9.10. The van der Waals surface area contributed by atoms with Gasteiger partial charge in [-0.2, -0.15) is 0 Å². The van der Waals surface area contributed by atoms with Crippen LogP contribution in [0.25, 0.3) is 11.4 Å². The number of anilines is 1. The van der Waals surface area contributed by atoms with Gasteiger partial charge in [-0.25, -0.2) is 0 Å². The Morgan fingerprint density at radius 2 is 1.97 bits per heavy atom. The van der Waals surface area contributed by atoms with E-state index < -0.39 is 0 Å². The Labute approximate surface area is 179 Å². The van der Waals surface area contributed by atoms with E-state index in [-0.39, 0.29) is 5.91 Å². The smallest absolute Gasteiger partial charge is 0.234 e. The molecule has 0 atom stereocenters. The van der Waals surface area contributed by atoms with Gasteiger partial charge in [0.25, 0.3) is 0 Å². The standard InChI is InChI=1S/C22H26N4OS2/c1-3-15-9-11-16(12-10-15)23-20(27)14-29-22-25-24-21(26(22)4-2)18-13-28-19-8-6-5-7-17(18)19/h9-13H,3-8,14H2,1-2H3,(H,23,27). The molecule has 0 fully saturated rings. The van der Waals surface area contributed by atoms with E-state index in [0.29, 0.717) is 5.75 Å². The highest BCUT2D eigenvalue weighted by atomic mass is 32.2. The Morgan fingerprint density at radius 3 is 2.72 bits per heavy atom. The summed E-state index contributed by atoms with van der Waals surface area (Å²) in [4.78, 5) is 13.9. The topological polar surface area (TPSA) is 59.8 Å². The van der Waals surface area contributed by atoms with Crippen molar-refractivity contribution >= 4 is 34.7 Å². The molecule has 0 radical (unpaired) electrons. The van der Waals surface area contributed by atoms with Gasteiger partial charge in [-0.15, -0.1) is 21.5 Å². The Kier molecular flexibility index (Phi) is 6.35. The molecule has 1 aliphatic rings. The number of amides is 1. The van der Waals surface area contributed by atoms with Crippen molar-refractivity contribution in [3.63, 3.8) is 0 Å². The third-order valence-corrected chi connectivity index (χ3v) is 7.37. The average molecular weight is 427 g/mol. The maximum Gasteiger partial charge on any atom is 0.234 e. The Morgan fingerprint density at radius 1 is 1.17 bits per heavy atom.